The van der Waals surface area contributed by atoms with E-state index in [1.165, 1.54) is 5.56 Å². The third-order valence-corrected chi connectivity index (χ3v) is 4.09. The van der Waals surface area contributed by atoms with Gasteiger partial charge >= 0.3 is 0 Å². The summed E-state index contributed by atoms with van der Waals surface area (Å²) in [7, 11) is 3.33. The van der Waals surface area contributed by atoms with Crippen molar-refractivity contribution in [3.63, 3.8) is 0 Å². The van der Waals surface area contributed by atoms with Crippen LogP contribution >= 0.6 is 0 Å². The topological polar surface area (TPSA) is 43.0 Å². The van der Waals surface area contributed by atoms with E-state index < -0.39 is 0 Å². The van der Waals surface area contributed by atoms with Crippen molar-refractivity contribution in [2.24, 2.45) is 0 Å². The van der Waals surface area contributed by atoms with Gasteiger partial charge in [-0.25, -0.2) is 0 Å². The summed E-state index contributed by atoms with van der Waals surface area (Å²) in [6.07, 6.45) is 0. The van der Waals surface area contributed by atoms with Gasteiger partial charge in [0, 0.05) is 31.7 Å². The van der Waals surface area contributed by atoms with Crippen molar-refractivity contribution in [2.45, 2.75) is 39.4 Å². The molecule has 2 atom stereocenters. The van der Waals surface area contributed by atoms with E-state index >= 15 is 0 Å². The monoisotopic (exact) mass is 308 g/mol. The molecule has 1 aliphatic heterocycles. The van der Waals surface area contributed by atoms with Crippen LogP contribution in [0.15, 0.2) is 12.1 Å². The molecule has 0 radical (unpaired) electrons. The SMILES string of the molecule is CCOc1c(OC)cc(CN2CC(C)NCC2C)cc1OC. The second-order valence-corrected chi connectivity index (χ2v) is 5.85. The molecule has 1 saturated heterocycles. The van der Waals surface area contributed by atoms with Crippen molar-refractivity contribution in [2.75, 3.05) is 33.9 Å². The Morgan fingerprint density at radius 1 is 1.18 bits per heavy atom. The number of hydrogen-bond acceptors (Lipinski definition) is 5. The number of methoxy groups -OCH3 is 2. The fourth-order valence-electron chi connectivity index (χ4n) is 2.86. The lowest BCUT2D eigenvalue weighted by Gasteiger charge is -2.37. The van der Waals surface area contributed by atoms with E-state index in [1.54, 1.807) is 14.2 Å². The molecule has 2 unspecified atom stereocenters. The predicted octanol–water partition coefficient (Wildman–Crippen LogP) is 2.28. The van der Waals surface area contributed by atoms with Gasteiger partial charge in [-0.1, -0.05) is 0 Å². The van der Waals surface area contributed by atoms with Gasteiger partial charge in [0.05, 0.1) is 20.8 Å². The fraction of sp³-hybridized carbons (Fsp3) is 0.647. The van der Waals surface area contributed by atoms with Gasteiger partial charge in [0.25, 0.3) is 0 Å². The molecular weight excluding hydrogens is 280 g/mol. The van der Waals surface area contributed by atoms with Crippen LogP contribution in [0.5, 0.6) is 17.2 Å². The van der Waals surface area contributed by atoms with Gasteiger partial charge in [-0.05, 0) is 38.5 Å². The third-order valence-electron chi connectivity index (χ3n) is 4.09. The molecule has 2 rings (SSSR count). The minimum absolute atomic E-state index is 0.514. The number of piperazine rings is 1. The molecular formula is C17H28N2O3. The van der Waals surface area contributed by atoms with Crippen molar-refractivity contribution in [3.8, 4) is 17.2 Å². The summed E-state index contributed by atoms with van der Waals surface area (Å²) in [5.41, 5.74) is 1.18. The van der Waals surface area contributed by atoms with Crippen LogP contribution < -0.4 is 19.5 Å². The van der Waals surface area contributed by atoms with Crippen molar-refractivity contribution < 1.29 is 14.2 Å². The van der Waals surface area contributed by atoms with Crippen LogP contribution in [0.3, 0.4) is 0 Å². The highest BCUT2D eigenvalue weighted by atomic mass is 16.5. The van der Waals surface area contributed by atoms with E-state index in [1.807, 2.05) is 19.1 Å². The number of ether oxygens (including phenoxy) is 3. The number of benzene rings is 1. The molecule has 1 aliphatic rings. The molecule has 5 heteroatoms. The van der Waals surface area contributed by atoms with Crippen molar-refractivity contribution in [1.82, 2.24) is 10.2 Å². The Morgan fingerprint density at radius 3 is 2.36 bits per heavy atom. The minimum Gasteiger partial charge on any atom is -0.493 e. The van der Waals surface area contributed by atoms with Gasteiger partial charge in [-0.15, -0.1) is 0 Å². The highest BCUT2D eigenvalue weighted by molar-refractivity contribution is 5.53. The van der Waals surface area contributed by atoms with E-state index in [4.69, 9.17) is 14.2 Å². The lowest BCUT2D eigenvalue weighted by molar-refractivity contribution is 0.138. The summed E-state index contributed by atoms with van der Waals surface area (Å²) in [5, 5.41) is 3.51. The van der Waals surface area contributed by atoms with Crippen molar-refractivity contribution in [1.29, 1.82) is 0 Å². The minimum atomic E-state index is 0.514. The number of nitrogens with one attached hydrogen (secondary N) is 1. The van der Waals surface area contributed by atoms with Crippen LogP contribution in [0, 0.1) is 0 Å². The molecule has 0 amide bonds. The number of nitrogens with zero attached hydrogens (tertiary/aromatic N) is 1. The van der Waals surface area contributed by atoms with Crippen molar-refractivity contribution in [3.05, 3.63) is 17.7 Å². The Bertz CT molecular complexity index is 468. The summed E-state index contributed by atoms with van der Waals surface area (Å²) in [5.74, 6) is 2.14. The van der Waals surface area contributed by atoms with Crippen LogP contribution in [-0.4, -0.2) is 50.9 Å². The van der Waals surface area contributed by atoms with Gasteiger partial charge in [0.2, 0.25) is 5.75 Å². The van der Waals surface area contributed by atoms with Gasteiger partial charge < -0.3 is 19.5 Å². The quantitative estimate of drug-likeness (QED) is 0.873. The van der Waals surface area contributed by atoms with Gasteiger partial charge in [-0.2, -0.15) is 0 Å². The summed E-state index contributed by atoms with van der Waals surface area (Å²) >= 11 is 0. The number of rotatable bonds is 6. The molecule has 0 spiro atoms. The Labute approximate surface area is 133 Å². The zero-order chi connectivity index (χ0) is 16.1. The van der Waals surface area contributed by atoms with Crippen LogP contribution in [0.2, 0.25) is 0 Å². The van der Waals surface area contributed by atoms with Crippen LogP contribution in [0.4, 0.5) is 0 Å². The first-order chi connectivity index (χ1) is 10.6. The van der Waals surface area contributed by atoms with Crippen LogP contribution in [0.25, 0.3) is 0 Å². The molecule has 0 aromatic heterocycles. The Kier molecular flexibility index (Phi) is 5.91. The Balaban J connectivity index is 2.23. The largest absolute Gasteiger partial charge is 0.493 e. The maximum atomic E-state index is 5.66. The molecule has 5 nitrogen and oxygen atoms in total. The van der Waals surface area contributed by atoms with Gasteiger partial charge in [0.15, 0.2) is 11.5 Å². The first-order valence-corrected chi connectivity index (χ1v) is 7.94. The van der Waals surface area contributed by atoms with Gasteiger partial charge in [0.1, 0.15) is 0 Å². The number of hydrogen-bond donors (Lipinski definition) is 1. The average molecular weight is 308 g/mol. The van der Waals surface area contributed by atoms with E-state index in [2.05, 4.69) is 24.1 Å². The zero-order valence-electron chi connectivity index (χ0n) is 14.3. The average Bonchev–Trinajstić information content (AvgIpc) is 2.52. The molecule has 1 aromatic rings. The zero-order valence-corrected chi connectivity index (χ0v) is 14.3. The molecule has 1 N–H and O–H groups in total. The van der Waals surface area contributed by atoms with E-state index in [0.717, 1.165) is 31.1 Å². The highest BCUT2D eigenvalue weighted by Gasteiger charge is 2.23. The lowest BCUT2D eigenvalue weighted by Crippen LogP contribution is -2.53. The van der Waals surface area contributed by atoms with E-state index in [9.17, 15) is 0 Å². The van der Waals surface area contributed by atoms with E-state index in [0.29, 0.717) is 24.4 Å². The lowest BCUT2D eigenvalue weighted by atomic mass is 10.1. The highest BCUT2D eigenvalue weighted by Crippen LogP contribution is 2.39. The molecule has 0 bridgehead atoms. The second-order valence-electron chi connectivity index (χ2n) is 5.85. The summed E-state index contributed by atoms with van der Waals surface area (Å²) in [6.45, 7) is 9.95. The molecule has 0 saturated carbocycles. The molecule has 0 aliphatic carbocycles. The summed E-state index contributed by atoms with van der Waals surface area (Å²) < 4.78 is 16.6. The molecule has 1 heterocycles. The first kappa shape index (κ1) is 16.9. The van der Waals surface area contributed by atoms with Crippen LogP contribution in [0.1, 0.15) is 26.3 Å². The standard InChI is InChI=1S/C17H28N2O3/c1-6-22-17-15(20-4)7-14(8-16(17)21-5)11-19-10-12(2)18-9-13(19)3/h7-8,12-13,18H,6,9-11H2,1-5H3. The molecule has 1 fully saturated rings. The van der Waals surface area contributed by atoms with Crippen LogP contribution in [-0.2, 0) is 6.54 Å². The van der Waals surface area contributed by atoms with E-state index in [-0.39, 0.29) is 0 Å². The summed E-state index contributed by atoms with van der Waals surface area (Å²) in [4.78, 5) is 2.48. The smallest absolute Gasteiger partial charge is 0.203 e. The third kappa shape index (κ3) is 3.84. The van der Waals surface area contributed by atoms with Crippen molar-refractivity contribution >= 4 is 0 Å². The maximum absolute atomic E-state index is 5.66. The Morgan fingerprint density at radius 2 is 1.82 bits per heavy atom. The molecule has 1 aromatic carbocycles. The summed E-state index contributed by atoms with van der Waals surface area (Å²) in [6, 6.07) is 5.13. The fourth-order valence-corrected chi connectivity index (χ4v) is 2.86. The van der Waals surface area contributed by atoms with Gasteiger partial charge in [-0.3, -0.25) is 4.90 Å². The first-order valence-electron chi connectivity index (χ1n) is 7.94. The Hall–Kier alpha value is -1.46. The predicted molar refractivity (Wildman–Crippen MR) is 88.1 cm³/mol. The molecule has 22 heavy (non-hydrogen) atoms. The molecule has 124 valence electrons. The maximum Gasteiger partial charge on any atom is 0.203 e. The normalized spacial score (nSPS) is 22.4. The second kappa shape index (κ2) is 7.70.